The van der Waals surface area contributed by atoms with Crippen LogP contribution in [-0.4, -0.2) is 42.1 Å². The van der Waals surface area contributed by atoms with E-state index in [4.69, 9.17) is 10.5 Å². The van der Waals surface area contributed by atoms with Gasteiger partial charge in [0.05, 0.1) is 6.10 Å². The maximum atomic E-state index is 13.4. The molecule has 124 valence electrons. The summed E-state index contributed by atoms with van der Waals surface area (Å²) in [7, 11) is 0. The lowest BCUT2D eigenvalue weighted by Crippen LogP contribution is -2.82. The Morgan fingerprint density at radius 1 is 1.14 bits per heavy atom. The molecular formula is C18H30N2O2. The highest BCUT2D eigenvalue weighted by atomic mass is 16.5. The molecule has 4 nitrogen and oxygen atoms in total. The number of ether oxygens (including phenoxy) is 1. The van der Waals surface area contributed by atoms with Crippen molar-refractivity contribution in [3.05, 3.63) is 0 Å². The first kappa shape index (κ1) is 14.9. The summed E-state index contributed by atoms with van der Waals surface area (Å²) < 4.78 is 5.95. The Kier molecular flexibility index (Phi) is 3.36. The predicted octanol–water partition coefficient (Wildman–Crippen LogP) is 2.17. The molecule has 1 heterocycles. The molecule has 3 atom stereocenters. The van der Waals surface area contributed by atoms with Crippen molar-refractivity contribution in [3.63, 3.8) is 0 Å². The van der Waals surface area contributed by atoms with E-state index < -0.39 is 5.54 Å². The molecule has 3 unspecified atom stereocenters. The number of amides is 1. The highest BCUT2D eigenvalue weighted by molar-refractivity contribution is 5.89. The zero-order chi connectivity index (χ0) is 15.5. The number of fused-ring (bicyclic) bond motifs is 1. The zero-order valence-electron chi connectivity index (χ0n) is 14.0. The van der Waals surface area contributed by atoms with Crippen molar-refractivity contribution in [1.82, 2.24) is 4.90 Å². The van der Waals surface area contributed by atoms with Gasteiger partial charge in [0.2, 0.25) is 5.91 Å². The van der Waals surface area contributed by atoms with E-state index in [1.54, 1.807) is 0 Å². The lowest BCUT2D eigenvalue weighted by atomic mass is 9.46. The normalized spacial score (nSPS) is 39.8. The average Bonchev–Trinajstić information content (AvgIpc) is 3.40. The molecule has 1 saturated heterocycles. The van der Waals surface area contributed by atoms with Crippen molar-refractivity contribution in [2.24, 2.45) is 28.9 Å². The lowest BCUT2D eigenvalue weighted by Gasteiger charge is -2.65. The Morgan fingerprint density at radius 2 is 1.73 bits per heavy atom. The van der Waals surface area contributed by atoms with Gasteiger partial charge in [0, 0.05) is 31.0 Å². The van der Waals surface area contributed by atoms with E-state index in [-0.39, 0.29) is 23.3 Å². The molecular weight excluding hydrogens is 276 g/mol. The number of hydrogen-bond acceptors (Lipinski definition) is 3. The molecule has 0 radical (unpaired) electrons. The molecule has 0 aromatic rings. The SMILES string of the molecule is CC1(C)C2OCCCC2C1(N)C(=O)N(CC1CC1)CC1CC1. The smallest absolute Gasteiger partial charge is 0.243 e. The van der Waals surface area contributed by atoms with Crippen LogP contribution in [0.3, 0.4) is 0 Å². The minimum absolute atomic E-state index is 0.166. The van der Waals surface area contributed by atoms with Crippen molar-refractivity contribution < 1.29 is 9.53 Å². The van der Waals surface area contributed by atoms with Gasteiger partial charge in [0.25, 0.3) is 0 Å². The third-order valence-electron chi connectivity index (χ3n) is 6.68. The van der Waals surface area contributed by atoms with Crippen LogP contribution in [0.4, 0.5) is 0 Å². The van der Waals surface area contributed by atoms with Crippen LogP contribution < -0.4 is 5.73 Å². The fraction of sp³-hybridized carbons (Fsp3) is 0.944. The predicted molar refractivity (Wildman–Crippen MR) is 85.2 cm³/mol. The second kappa shape index (κ2) is 4.94. The summed E-state index contributed by atoms with van der Waals surface area (Å²) in [5, 5.41) is 0. The molecule has 1 aliphatic heterocycles. The number of carbonyl (C=O) groups is 1. The fourth-order valence-electron chi connectivity index (χ4n) is 4.74. The maximum Gasteiger partial charge on any atom is 0.243 e. The highest BCUT2D eigenvalue weighted by Gasteiger charge is 2.71. The molecule has 0 bridgehead atoms. The van der Waals surface area contributed by atoms with Gasteiger partial charge in [-0.15, -0.1) is 0 Å². The Bertz CT molecular complexity index is 456. The van der Waals surface area contributed by atoms with Gasteiger partial charge < -0.3 is 15.4 Å². The van der Waals surface area contributed by atoms with Gasteiger partial charge in [-0.2, -0.15) is 0 Å². The number of nitrogens with zero attached hydrogens (tertiary/aromatic N) is 1. The molecule has 2 N–H and O–H groups in total. The molecule has 4 heteroatoms. The number of hydrogen-bond donors (Lipinski definition) is 1. The molecule has 0 aromatic heterocycles. The van der Waals surface area contributed by atoms with E-state index in [2.05, 4.69) is 18.7 Å². The van der Waals surface area contributed by atoms with Gasteiger partial charge in [0.1, 0.15) is 5.54 Å². The van der Waals surface area contributed by atoms with Crippen LogP contribution in [0.2, 0.25) is 0 Å². The Labute approximate surface area is 133 Å². The van der Waals surface area contributed by atoms with E-state index in [1.807, 2.05) is 0 Å². The van der Waals surface area contributed by atoms with E-state index in [0.29, 0.717) is 0 Å². The number of rotatable bonds is 5. The van der Waals surface area contributed by atoms with Crippen molar-refractivity contribution in [2.75, 3.05) is 19.7 Å². The molecule has 3 aliphatic carbocycles. The first-order valence-electron chi connectivity index (χ1n) is 9.14. The van der Waals surface area contributed by atoms with Crippen LogP contribution in [0.1, 0.15) is 52.4 Å². The van der Waals surface area contributed by atoms with Crippen LogP contribution in [0.25, 0.3) is 0 Å². The van der Waals surface area contributed by atoms with Crippen molar-refractivity contribution >= 4 is 5.91 Å². The fourth-order valence-corrected chi connectivity index (χ4v) is 4.74. The highest BCUT2D eigenvalue weighted by Crippen LogP contribution is 2.58. The Balaban J connectivity index is 1.55. The number of nitrogens with two attached hydrogens (primary N) is 1. The van der Waals surface area contributed by atoms with E-state index in [9.17, 15) is 4.79 Å². The summed E-state index contributed by atoms with van der Waals surface area (Å²) >= 11 is 0. The lowest BCUT2D eigenvalue weighted by molar-refractivity contribution is -0.230. The molecule has 1 amide bonds. The van der Waals surface area contributed by atoms with Crippen LogP contribution in [0.15, 0.2) is 0 Å². The van der Waals surface area contributed by atoms with Gasteiger partial charge in [0.15, 0.2) is 0 Å². The first-order chi connectivity index (χ1) is 10.4. The molecule has 4 aliphatic rings. The standard InChI is InChI=1S/C18H30N2O2/c1-17(2)15-14(4-3-9-22-15)18(17,19)16(21)20(10-12-5-6-12)11-13-7-8-13/h12-15H,3-11,19H2,1-2H3. The zero-order valence-corrected chi connectivity index (χ0v) is 14.0. The van der Waals surface area contributed by atoms with Crippen LogP contribution in [-0.2, 0) is 9.53 Å². The van der Waals surface area contributed by atoms with Gasteiger partial charge in [-0.3, -0.25) is 4.79 Å². The maximum absolute atomic E-state index is 13.4. The van der Waals surface area contributed by atoms with Gasteiger partial charge in [-0.05, 0) is 50.4 Å². The molecule has 0 aromatic carbocycles. The molecule has 0 spiro atoms. The summed E-state index contributed by atoms with van der Waals surface area (Å²) in [6.07, 6.45) is 7.37. The van der Waals surface area contributed by atoms with Crippen LogP contribution in [0, 0.1) is 23.2 Å². The molecule has 3 saturated carbocycles. The topological polar surface area (TPSA) is 55.6 Å². The molecule has 4 fully saturated rings. The molecule has 4 rings (SSSR count). The van der Waals surface area contributed by atoms with E-state index in [1.165, 1.54) is 25.7 Å². The van der Waals surface area contributed by atoms with Crippen molar-refractivity contribution in [3.8, 4) is 0 Å². The van der Waals surface area contributed by atoms with Crippen molar-refractivity contribution in [1.29, 1.82) is 0 Å². The average molecular weight is 306 g/mol. The Morgan fingerprint density at radius 3 is 2.27 bits per heavy atom. The third kappa shape index (κ3) is 2.14. The number of carbonyl (C=O) groups excluding carboxylic acids is 1. The van der Waals surface area contributed by atoms with Crippen molar-refractivity contribution in [2.45, 2.75) is 64.0 Å². The van der Waals surface area contributed by atoms with E-state index in [0.717, 1.165) is 44.4 Å². The summed E-state index contributed by atoms with van der Waals surface area (Å²) in [5.41, 5.74) is 5.83. The van der Waals surface area contributed by atoms with Gasteiger partial charge in [-0.1, -0.05) is 13.8 Å². The summed E-state index contributed by atoms with van der Waals surface area (Å²) in [4.78, 5) is 15.5. The molecule has 22 heavy (non-hydrogen) atoms. The van der Waals surface area contributed by atoms with E-state index >= 15 is 0 Å². The van der Waals surface area contributed by atoms with Gasteiger partial charge >= 0.3 is 0 Å². The van der Waals surface area contributed by atoms with Gasteiger partial charge in [-0.25, -0.2) is 0 Å². The third-order valence-corrected chi connectivity index (χ3v) is 6.68. The van der Waals surface area contributed by atoms with Crippen LogP contribution in [0.5, 0.6) is 0 Å². The minimum Gasteiger partial charge on any atom is -0.377 e. The monoisotopic (exact) mass is 306 g/mol. The second-order valence-corrected chi connectivity index (χ2v) is 8.73. The summed E-state index contributed by atoms with van der Waals surface area (Å²) in [6.45, 7) is 6.95. The second-order valence-electron chi connectivity index (χ2n) is 8.73. The first-order valence-corrected chi connectivity index (χ1v) is 9.14. The summed E-state index contributed by atoms with van der Waals surface area (Å²) in [6, 6.07) is 0. The van der Waals surface area contributed by atoms with Crippen LogP contribution >= 0.6 is 0 Å². The quantitative estimate of drug-likeness (QED) is 0.847. The largest absolute Gasteiger partial charge is 0.377 e. The minimum atomic E-state index is -0.720. The Hall–Kier alpha value is -0.610. The summed E-state index contributed by atoms with van der Waals surface area (Å²) in [5.74, 6) is 1.88.